The van der Waals surface area contributed by atoms with Gasteiger partial charge < -0.3 is 10.3 Å². The van der Waals surface area contributed by atoms with Crippen molar-refractivity contribution in [3.63, 3.8) is 0 Å². The number of nitrogens with zero attached hydrogens (tertiary/aromatic N) is 2. The highest BCUT2D eigenvalue weighted by Crippen LogP contribution is 2.29. The zero-order valence-corrected chi connectivity index (χ0v) is 12.6. The summed E-state index contributed by atoms with van der Waals surface area (Å²) in [6.07, 6.45) is 1.14. The first-order valence-electron chi connectivity index (χ1n) is 5.97. The van der Waals surface area contributed by atoms with Crippen molar-refractivity contribution >= 4 is 39.6 Å². The molecule has 2 unspecified atom stereocenters. The predicted molar refractivity (Wildman–Crippen MR) is 81.0 cm³/mol. The van der Waals surface area contributed by atoms with Gasteiger partial charge in [0.15, 0.2) is 0 Å². The van der Waals surface area contributed by atoms with Gasteiger partial charge in [0, 0.05) is 9.61 Å². The maximum absolute atomic E-state index is 6.05. The van der Waals surface area contributed by atoms with Gasteiger partial charge in [0.2, 0.25) is 5.95 Å². The van der Waals surface area contributed by atoms with Crippen LogP contribution in [0, 0.1) is 9.49 Å². The molecule has 3 nitrogen and oxygen atoms in total. The van der Waals surface area contributed by atoms with E-state index in [1.807, 2.05) is 0 Å². The Morgan fingerprint density at radius 2 is 2.12 bits per heavy atom. The molecule has 1 aromatic heterocycles. The molecule has 0 aliphatic carbocycles. The molecule has 0 radical (unpaired) electrons. The SMILES string of the molecule is CCC(C)C(C)n1c(N)nc2cc(I)ccc21. The van der Waals surface area contributed by atoms with Crippen molar-refractivity contribution < 1.29 is 0 Å². The van der Waals surface area contributed by atoms with Crippen molar-refractivity contribution in [1.82, 2.24) is 9.55 Å². The Morgan fingerprint density at radius 1 is 1.41 bits per heavy atom. The van der Waals surface area contributed by atoms with Crippen molar-refractivity contribution in [2.45, 2.75) is 33.2 Å². The normalized spacial score (nSPS) is 15.1. The van der Waals surface area contributed by atoms with Gasteiger partial charge >= 0.3 is 0 Å². The Labute approximate surface area is 116 Å². The van der Waals surface area contributed by atoms with E-state index >= 15 is 0 Å². The summed E-state index contributed by atoms with van der Waals surface area (Å²) in [4.78, 5) is 4.45. The Bertz CT molecular complexity index is 533. The monoisotopic (exact) mass is 343 g/mol. The van der Waals surface area contributed by atoms with E-state index in [4.69, 9.17) is 5.73 Å². The third-order valence-corrected chi connectivity index (χ3v) is 4.22. The quantitative estimate of drug-likeness (QED) is 0.861. The predicted octanol–water partition coefficient (Wildman–Crippen LogP) is 3.83. The lowest BCUT2D eigenvalue weighted by molar-refractivity contribution is 0.381. The van der Waals surface area contributed by atoms with Crippen LogP contribution < -0.4 is 5.73 Å². The van der Waals surface area contributed by atoms with Crippen LogP contribution in [0.2, 0.25) is 0 Å². The number of hydrogen-bond donors (Lipinski definition) is 1. The molecule has 0 fully saturated rings. The van der Waals surface area contributed by atoms with Crippen LogP contribution in [0.4, 0.5) is 5.95 Å². The largest absolute Gasteiger partial charge is 0.369 e. The Hall–Kier alpha value is -0.780. The lowest BCUT2D eigenvalue weighted by Crippen LogP contribution is -2.15. The summed E-state index contributed by atoms with van der Waals surface area (Å²) in [5.41, 5.74) is 8.17. The number of anilines is 1. The number of imidazole rings is 1. The topological polar surface area (TPSA) is 43.8 Å². The summed E-state index contributed by atoms with van der Waals surface area (Å²) in [6.45, 7) is 6.67. The summed E-state index contributed by atoms with van der Waals surface area (Å²) >= 11 is 2.30. The fourth-order valence-electron chi connectivity index (χ4n) is 2.11. The average molecular weight is 343 g/mol. The van der Waals surface area contributed by atoms with Gasteiger partial charge in [-0.25, -0.2) is 4.98 Å². The molecule has 0 aliphatic rings. The number of fused-ring (bicyclic) bond motifs is 1. The molecule has 2 aromatic rings. The highest BCUT2D eigenvalue weighted by molar-refractivity contribution is 14.1. The summed E-state index contributed by atoms with van der Waals surface area (Å²) in [5, 5.41) is 0. The van der Waals surface area contributed by atoms with Crippen LogP contribution in [0.15, 0.2) is 18.2 Å². The number of halogens is 1. The minimum absolute atomic E-state index is 0.380. The van der Waals surface area contributed by atoms with Crippen LogP contribution in [0.3, 0.4) is 0 Å². The third kappa shape index (κ3) is 2.27. The molecule has 92 valence electrons. The van der Waals surface area contributed by atoms with Crippen molar-refractivity contribution in [3.8, 4) is 0 Å². The molecule has 2 atom stereocenters. The first kappa shape index (κ1) is 12.7. The van der Waals surface area contributed by atoms with E-state index < -0.39 is 0 Å². The van der Waals surface area contributed by atoms with Crippen molar-refractivity contribution in [2.75, 3.05) is 5.73 Å². The van der Waals surface area contributed by atoms with Gasteiger partial charge in [0.05, 0.1) is 11.0 Å². The van der Waals surface area contributed by atoms with E-state index in [1.54, 1.807) is 0 Å². The lowest BCUT2D eigenvalue weighted by Gasteiger charge is -2.21. The minimum Gasteiger partial charge on any atom is -0.369 e. The average Bonchev–Trinajstić information content (AvgIpc) is 2.62. The van der Waals surface area contributed by atoms with Gasteiger partial charge in [0.25, 0.3) is 0 Å². The van der Waals surface area contributed by atoms with Crippen LogP contribution >= 0.6 is 22.6 Å². The molecular formula is C13H18IN3. The molecule has 2 N–H and O–H groups in total. The Morgan fingerprint density at radius 3 is 2.76 bits per heavy atom. The van der Waals surface area contributed by atoms with Crippen LogP contribution in [-0.2, 0) is 0 Å². The summed E-state index contributed by atoms with van der Waals surface area (Å²) in [6, 6.07) is 6.67. The van der Waals surface area contributed by atoms with Gasteiger partial charge in [0.1, 0.15) is 0 Å². The van der Waals surface area contributed by atoms with Gasteiger partial charge in [-0.3, -0.25) is 0 Å². The molecule has 2 rings (SSSR count). The van der Waals surface area contributed by atoms with Gasteiger partial charge in [-0.05, 0) is 53.6 Å². The molecule has 17 heavy (non-hydrogen) atoms. The smallest absolute Gasteiger partial charge is 0.201 e. The van der Waals surface area contributed by atoms with E-state index in [0.717, 1.165) is 17.5 Å². The molecule has 0 bridgehead atoms. The first-order chi connectivity index (χ1) is 8.04. The second-order valence-electron chi connectivity index (χ2n) is 4.60. The van der Waals surface area contributed by atoms with Crippen molar-refractivity contribution in [2.24, 2.45) is 5.92 Å². The molecule has 4 heteroatoms. The second-order valence-corrected chi connectivity index (χ2v) is 5.84. The van der Waals surface area contributed by atoms with E-state index in [1.165, 1.54) is 3.57 Å². The van der Waals surface area contributed by atoms with E-state index in [0.29, 0.717) is 17.9 Å². The van der Waals surface area contributed by atoms with Gasteiger partial charge in [-0.15, -0.1) is 0 Å². The van der Waals surface area contributed by atoms with Crippen LogP contribution in [0.5, 0.6) is 0 Å². The Kier molecular flexibility index (Phi) is 3.61. The fourth-order valence-corrected chi connectivity index (χ4v) is 2.59. The summed E-state index contributed by atoms with van der Waals surface area (Å²) in [5.74, 6) is 1.21. The summed E-state index contributed by atoms with van der Waals surface area (Å²) in [7, 11) is 0. The maximum atomic E-state index is 6.05. The number of benzene rings is 1. The second kappa shape index (κ2) is 4.84. The molecule has 0 saturated heterocycles. The van der Waals surface area contributed by atoms with Crippen molar-refractivity contribution in [1.29, 1.82) is 0 Å². The number of rotatable bonds is 3. The highest BCUT2D eigenvalue weighted by atomic mass is 127. The van der Waals surface area contributed by atoms with E-state index in [9.17, 15) is 0 Å². The molecule has 0 saturated carbocycles. The fraction of sp³-hybridized carbons (Fsp3) is 0.462. The van der Waals surface area contributed by atoms with E-state index in [-0.39, 0.29) is 0 Å². The highest BCUT2D eigenvalue weighted by Gasteiger charge is 2.18. The molecule has 1 heterocycles. The molecule has 0 aliphatic heterocycles. The van der Waals surface area contributed by atoms with Gasteiger partial charge in [-0.2, -0.15) is 0 Å². The number of nitrogen functional groups attached to an aromatic ring is 1. The number of aromatic nitrogens is 2. The maximum Gasteiger partial charge on any atom is 0.201 e. The lowest BCUT2D eigenvalue weighted by atomic mass is 10.0. The molecule has 0 amide bonds. The zero-order chi connectivity index (χ0) is 12.6. The molecule has 1 aromatic carbocycles. The van der Waals surface area contributed by atoms with Gasteiger partial charge in [-0.1, -0.05) is 20.3 Å². The zero-order valence-electron chi connectivity index (χ0n) is 10.4. The standard InChI is InChI=1S/C13H18IN3/c1-4-8(2)9(3)17-12-6-5-10(14)7-11(12)16-13(17)15/h5-9H,4H2,1-3H3,(H2,15,16). The van der Waals surface area contributed by atoms with Crippen LogP contribution in [0.25, 0.3) is 11.0 Å². The third-order valence-electron chi connectivity index (χ3n) is 3.55. The van der Waals surface area contributed by atoms with Crippen molar-refractivity contribution in [3.05, 3.63) is 21.8 Å². The minimum atomic E-state index is 0.380. The first-order valence-corrected chi connectivity index (χ1v) is 7.05. The molecule has 0 spiro atoms. The number of hydrogen-bond acceptors (Lipinski definition) is 2. The van der Waals surface area contributed by atoms with Crippen LogP contribution in [0.1, 0.15) is 33.2 Å². The Balaban J connectivity index is 2.57. The van der Waals surface area contributed by atoms with E-state index in [2.05, 4.69) is 71.1 Å². The number of nitrogens with two attached hydrogens (primary N) is 1. The molecular weight excluding hydrogens is 325 g/mol. The summed E-state index contributed by atoms with van der Waals surface area (Å²) < 4.78 is 3.34. The van der Waals surface area contributed by atoms with Crippen LogP contribution in [-0.4, -0.2) is 9.55 Å².